The Balaban J connectivity index is 1.78. The topological polar surface area (TPSA) is 45.1 Å². The zero-order valence-electron chi connectivity index (χ0n) is 9.50. The maximum atomic E-state index is 9.44. The van der Waals surface area contributed by atoms with Crippen LogP contribution in [0.15, 0.2) is 21.2 Å². The van der Waals surface area contributed by atoms with Crippen LogP contribution in [0.1, 0.15) is 25.0 Å². The highest BCUT2D eigenvalue weighted by Gasteiger charge is 2.22. The standard InChI is InChI=1S/C12H16Br2N2O/c13-9-4-11(14)12(16-6-9)7-15-5-8-1-2-10(17)3-8/h4,6,8,10,15,17H,1-3,5,7H2. The minimum atomic E-state index is -0.0839. The van der Waals surface area contributed by atoms with Crippen molar-refractivity contribution in [2.24, 2.45) is 5.92 Å². The molecule has 0 spiro atoms. The van der Waals surface area contributed by atoms with Gasteiger partial charge in [0, 0.05) is 21.7 Å². The molecule has 17 heavy (non-hydrogen) atoms. The van der Waals surface area contributed by atoms with E-state index in [0.29, 0.717) is 5.92 Å². The van der Waals surface area contributed by atoms with Crippen molar-refractivity contribution >= 4 is 31.9 Å². The second-order valence-corrected chi connectivity index (χ2v) is 6.32. The molecule has 1 fully saturated rings. The summed E-state index contributed by atoms with van der Waals surface area (Å²) >= 11 is 6.88. The Bertz CT molecular complexity index is 387. The number of aromatic nitrogens is 1. The summed E-state index contributed by atoms with van der Waals surface area (Å²) in [5, 5.41) is 12.8. The van der Waals surface area contributed by atoms with Crippen LogP contribution in [-0.4, -0.2) is 22.7 Å². The van der Waals surface area contributed by atoms with Crippen LogP contribution in [0.25, 0.3) is 0 Å². The van der Waals surface area contributed by atoms with E-state index in [0.717, 1.165) is 47.0 Å². The number of hydrogen-bond donors (Lipinski definition) is 2. The zero-order valence-corrected chi connectivity index (χ0v) is 12.7. The molecule has 1 aromatic heterocycles. The molecular weight excluding hydrogens is 348 g/mol. The molecule has 0 aromatic carbocycles. The van der Waals surface area contributed by atoms with E-state index in [1.807, 2.05) is 6.07 Å². The quantitative estimate of drug-likeness (QED) is 0.864. The zero-order chi connectivity index (χ0) is 12.3. The van der Waals surface area contributed by atoms with Gasteiger partial charge in [-0.05, 0) is 69.7 Å². The SMILES string of the molecule is OC1CCC(CNCc2ncc(Br)cc2Br)C1. The number of hydrogen-bond acceptors (Lipinski definition) is 3. The van der Waals surface area contributed by atoms with Gasteiger partial charge in [-0.25, -0.2) is 0 Å². The van der Waals surface area contributed by atoms with Gasteiger partial charge in [0.25, 0.3) is 0 Å². The molecule has 0 aliphatic heterocycles. The van der Waals surface area contributed by atoms with Gasteiger partial charge in [0.1, 0.15) is 0 Å². The van der Waals surface area contributed by atoms with E-state index in [1.54, 1.807) is 6.20 Å². The van der Waals surface area contributed by atoms with E-state index in [4.69, 9.17) is 0 Å². The lowest BCUT2D eigenvalue weighted by molar-refractivity contribution is 0.177. The first-order valence-electron chi connectivity index (χ1n) is 5.84. The number of pyridine rings is 1. The summed E-state index contributed by atoms with van der Waals surface area (Å²) in [6.45, 7) is 1.72. The molecule has 3 nitrogen and oxygen atoms in total. The fourth-order valence-corrected chi connectivity index (χ4v) is 3.33. The molecular formula is C12H16Br2N2O. The van der Waals surface area contributed by atoms with Gasteiger partial charge in [-0.2, -0.15) is 0 Å². The number of nitrogens with zero attached hydrogens (tertiary/aromatic N) is 1. The number of aliphatic hydroxyl groups is 1. The van der Waals surface area contributed by atoms with Gasteiger partial charge < -0.3 is 10.4 Å². The van der Waals surface area contributed by atoms with Gasteiger partial charge in [0.2, 0.25) is 0 Å². The first-order chi connectivity index (χ1) is 8.15. The Kier molecular flexibility index (Phi) is 4.97. The summed E-state index contributed by atoms with van der Waals surface area (Å²) in [4.78, 5) is 4.35. The molecule has 2 rings (SSSR count). The largest absolute Gasteiger partial charge is 0.393 e. The lowest BCUT2D eigenvalue weighted by atomic mass is 10.1. The molecule has 0 bridgehead atoms. The van der Waals surface area contributed by atoms with E-state index in [9.17, 15) is 5.11 Å². The van der Waals surface area contributed by atoms with Crippen LogP contribution in [0.3, 0.4) is 0 Å². The van der Waals surface area contributed by atoms with Gasteiger partial charge in [0.15, 0.2) is 0 Å². The van der Waals surface area contributed by atoms with Crippen molar-refractivity contribution in [3.63, 3.8) is 0 Å². The Morgan fingerprint density at radius 2 is 2.24 bits per heavy atom. The third-order valence-corrected chi connectivity index (χ3v) is 4.24. The highest BCUT2D eigenvalue weighted by molar-refractivity contribution is 9.11. The van der Waals surface area contributed by atoms with Gasteiger partial charge in [-0.1, -0.05) is 0 Å². The lowest BCUT2D eigenvalue weighted by Crippen LogP contribution is -2.22. The Hall–Kier alpha value is 0.0300. The molecule has 0 amide bonds. The van der Waals surface area contributed by atoms with Crippen LogP contribution in [0.5, 0.6) is 0 Å². The summed E-state index contributed by atoms with van der Waals surface area (Å²) < 4.78 is 2.00. The lowest BCUT2D eigenvalue weighted by Gasteiger charge is -2.11. The van der Waals surface area contributed by atoms with Crippen LogP contribution < -0.4 is 5.32 Å². The maximum Gasteiger partial charge on any atom is 0.0684 e. The minimum absolute atomic E-state index is 0.0839. The first kappa shape index (κ1) is 13.5. The first-order valence-corrected chi connectivity index (χ1v) is 7.42. The molecule has 1 aliphatic rings. The van der Waals surface area contributed by atoms with Crippen molar-refractivity contribution in [2.45, 2.75) is 31.9 Å². The van der Waals surface area contributed by atoms with Crippen molar-refractivity contribution in [3.8, 4) is 0 Å². The number of halogens is 2. The Morgan fingerprint density at radius 1 is 1.41 bits per heavy atom. The van der Waals surface area contributed by atoms with Crippen LogP contribution in [0.2, 0.25) is 0 Å². The molecule has 0 saturated heterocycles. The van der Waals surface area contributed by atoms with Gasteiger partial charge in [0.05, 0.1) is 11.8 Å². The van der Waals surface area contributed by atoms with E-state index < -0.39 is 0 Å². The number of nitrogens with one attached hydrogen (secondary N) is 1. The molecule has 1 aromatic rings. The monoisotopic (exact) mass is 362 g/mol. The minimum Gasteiger partial charge on any atom is -0.393 e. The number of rotatable bonds is 4. The van der Waals surface area contributed by atoms with E-state index in [1.165, 1.54) is 0 Å². The Morgan fingerprint density at radius 3 is 2.88 bits per heavy atom. The average molecular weight is 364 g/mol. The molecule has 2 N–H and O–H groups in total. The summed E-state index contributed by atoms with van der Waals surface area (Å²) in [5.74, 6) is 0.610. The van der Waals surface area contributed by atoms with Crippen molar-refractivity contribution in [1.82, 2.24) is 10.3 Å². The van der Waals surface area contributed by atoms with E-state index in [2.05, 4.69) is 42.2 Å². The summed E-state index contributed by atoms with van der Waals surface area (Å²) in [6.07, 6.45) is 4.73. The highest BCUT2D eigenvalue weighted by Crippen LogP contribution is 2.25. The normalized spacial score (nSPS) is 24.2. The van der Waals surface area contributed by atoms with Crippen LogP contribution in [0, 0.1) is 5.92 Å². The fraction of sp³-hybridized carbons (Fsp3) is 0.583. The third-order valence-electron chi connectivity index (χ3n) is 3.12. The molecule has 2 atom stereocenters. The average Bonchev–Trinajstić information content (AvgIpc) is 2.68. The number of aliphatic hydroxyl groups excluding tert-OH is 1. The molecule has 0 radical (unpaired) electrons. The molecule has 94 valence electrons. The van der Waals surface area contributed by atoms with Gasteiger partial charge in [-0.3, -0.25) is 4.98 Å². The summed E-state index contributed by atoms with van der Waals surface area (Å²) in [5.41, 5.74) is 1.02. The maximum absolute atomic E-state index is 9.44. The van der Waals surface area contributed by atoms with Crippen LogP contribution >= 0.6 is 31.9 Å². The molecule has 1 saturated carbocycles. The predicted molar refractivity (Wildman–Crippen MR) is 74.7 cm³/mol. The predicted octanol–water partition coefficient (Wildman–Crippen LogP) is 2.86. The van der Waals surface area contributed by atoms with E-state index >= 15 is 0 Å². The summed E-state index contributed by atoms with van der Waals surface area (Å²) in [7, 11) is 0. The Labute approximate surface area is 118 Å². The van der Waals surface area contributed by atoms with Crippen molar-refractivity contribution in [1.29, 1.82) is 0 Å². The van der Waals surface area contributed by atoms with Crippen LogP contribution in [0.4, 0.5) is 0 Å². The summed E-state index contributed by atoms with van der Waals surface area (Å²) in [6, 6.07) is 2.00. The molecule has 2 unspecified atom stereocenters. The van der Waals surface area contributed by atoms with Crippen molar-refractivity contribution in [2.75, 3.05) is 6.54 Å². The molecule has 1 heterocycles. The molecule has 5 heteroatoms. The third kappa shape index (κ3) is 4.02. The van der Waals surface area contributed by atoms with Crippen LogP contribution in [-0.2, 0) is 6.54 Å². The second-order valence-electron chi connectivity index (χ2n) is 4.55. The van der Waals surface area contributed by atoms with Crippen molar-refractivity contribution < 1.29 is 5.11 Å². The smallest absolute Gasteiger partial charge is 0.0684 e. The highest BCUT2D eigenvalue weighted by atomic mass is 79.9. The van der Waals surface area contributed by atoms with Gasteiger partial charge in [-0.15, -0.1) is 0 Å². The fourth-order valence-electron chi connectivity index (χ4n) is 2.20. The molecule has 1 aliphatic carbocycles. The van der Waals surface area contributed by atoms with Gasteiger partial charge >= 0.3 is 0 Å². The van der Waals surface area contributed by atoms with E-state index in [-0.39, 0.29) is 6.10 Å². The van der Waals surface area contributed by atoms with Crippen molar-refractivity contribution in [3.05, 3.63) is 26.9 Å². The second kappa shape index (κ2) is 6.27.